The van der Waals surface area contributed by atoms with Crippen molar-refractivity contribution in [2.45, 2.75) is 6.92 Å². The zero-order valence-electron chi connectivity index (χ0n) is 16.7. The second-order valence-corrected chi connectivity index (χ2v) is 8.21. The van der Waals surface area contributed by atoms with Crippen molar-refractivity contribution in [3.05, 3.63) is 95.9 Å². The van der Waals surface area contributed by atoms with Crippen molar-refractivity contribution in [2.24, 2.45) is 0 Å². The lowest BCUT2D eigenvalue weighted by atomic mass is 10.0. The van der Waals surface area contributed by atoms with Gasteiger partial charge in [-0.05, 0) is 61.0 Å². The van der Waals surface area contributed by atoms with Crippen LogP contribution in [-0.4, -0.2) is 9.97 Å². The van der Waals surface area contributed by atoms with Crippen LogP contribution in [0.3, 0.4) is 0 Å². The number of aromatic nitrogens is 2. The van der Waals surface area contributed by atoms with Gasteiger partial charge in [-0.3, -0.25) is 0 Å². The quantitative estimate of drug-likeness (QED) is 0.319. The molecule has 6 heteroatoms. The van der Waals surface area contributed by atoms with Gasteiger partial charge in [-0.15, -0.1) is 11.3 Å². The van der Waals surface area contributed by atoms with Gasteiger partial charge in [0, 0.05) is 16.1 Å². The molecule has 152 valence electrons. The van der Waals surface area contributed by atoms with E-state index >= 15 is 0 Å². The van der Waals surface area contributed by atoms with Gasteiger partial charge < -0.3 is 10.1 Å². The lowest BCUT2D eigenvalue weighted by molar-refractivity contribution is 0.483. The summed E-state index contributed by atoms with van der Waals surface area (Å²) in [5.41, 5.74) is 2.84. The molecule has 2 aromatic heterocycles. The summed E-state index contributed by atoms with van der Waals surface area (Å²) in [5, 5.41) is 4.33. The molecule has 0 radical (unpaired) electrons. The van der Waals surface area contributed by atoms with Crippen LogP contribution in [0.1, 0.15) is 4.88 Å². The molecule has 0 aliphatic carbocycles. The Morgan fingerprint density at radius 2 is 1.55 bits per heavy atom. The Bertz CT molecular complexity index is 1330. The molecule has 31 heavy (non-hydrogen) atoms. The first kappa shape index (κ1) is 19.2. The number of nitrogens with zero attached hydrogens (tertiary/aromatic N) is 2. The lowest BCUT2D eigenvalue weighted by Crippen LogP contribution is -1.96. The number of aryl methyl sites for hydroxylation is 1. The number of halogens is 1. The summed E-state index contributed by atoms with van der Waals surface area (Å²) in [6.07, 6.45) is 1.56. The van der Waals surface area contributed by atoms with Gasteiger partial charge in [0.05, 0.1) is 5.39 Å². The summed E-state index contributed by atoms with van der Waals surface area (Å²) in [5.74, 6) is 2.00. The third-order valence-corrected chi connectivity index (χ3v) is 5.91. The van der Waals surface area contributed by atoms with E-state index in [-0.39, 0.29) is 5.82 Å². The van der Waals surface area contributed by atoms with E-state index in [0.29, 0.717) is 5.82 Å². The van der Waals surface area contributed by atoms with E-state index in [9.17, 15) is 4.39 Å². The number of rotatable bonds is 5. The molecule has 5 aromatic rings. The molecule has 0 spiro atoms. The third kappa shape index (κ3) is 3.98. The van der Waals surface area contributed by atoms with Gasteiger partial charge >= 0.3 is 0 Å². The fraction of sp³-hybridized carbons (Fsp3) is 0.0400. The molecule has 0 amide bonds. The van der Waals surface area contributed by atoms with Gasteiger partial charge in [-0.25, -0.2) is 14.4 Å². The number of ether oxygens (including phenoxy) is 1. The molecule has 0 fully saturated rings. The fourth-order valence-electron chi connectivity index (χ4n) is 3.47. The molecule has 1 N–H and O–H groups in total. The summed E-state index contributed by atoms with van der Waals surface area (Å²) >= 11 is 1.60. The summed E-state index contributed by atoms with van der Waals surface area (Å²) in [6.45, 7) is 2.05. The zero-order valence-corrected chi connectivity index (χ0v) is 17.5. The van der Waals surface area contributed by atoms with E-state index in [0.717, 1.165) is 43.4 Å². The van der Waals surface area contributed by atoms with E-state index in [1.54, 1.807) is 29.8 Å². The molecule has 0 aliphatic rings. The van der Waals surface area contributed by atoms with E-state index in [1.807, 2.05) is 61.5 Å². The second-order valence-electron chi connectivity index (χ2n) is 7.01. The molecular weight excluding hydrogens is 409 g/mol. The van der Waals surface area contributed by atoms with Crippen LogP contribution in [-0.2, 0) is 0 Å². The number of benzene rings is 3. The predicted molar refractivity (Wildman–Crippen MR) is 124 cm³/mol. The molecule has 0 saturated carbocycles. The van der Waals surface area contributed by atoms with Gasteiger partial charge in [-0.1, -0.05) is 30.3 Å². The molecule has 4 nitrogen and oxygen atoms in total. The molecule has 0 aliphatic heterocycles. The average Bonchev–Trinajstić information content (AvgIpc) is 3.13. The Morgan fingerprint density at radius 1 is 0.839 bits per heavy atom. The highest BCUT2D eigenvalue weighted by molar-refractivity contribution is 7.19. The Balaban J connectivity index is 1.47. The van der Waals surface area contributed by atoms with Crippen molar-refractivity contribution in [1.82, 2.24) is 9.97 Å². The summed E-state index contributed by atoms with van der Waals surface area (Å²) < 4.78 is 19.3. The van der Waals surface area contributed by atoms with E-state index in [4.69, 9.17) is 4.74 Å². The van der Waals surface area contributed by atoms with Crippen molar-refractivity contribution in [3.8, 4) is 22.6 Å². The van der Waals surface area contributed by atoms with Gasteiger partial charge in [-0.2, -0.15) is 0 Å². The Kier molecular flexibility index (Phi) is 5.06. The van der Waals surface area contributed by atoms with Crippen LogP contribution in [0.5, 0.6) is 11.5 Å². The van der Waals surface area contributed by atoms with E-state index in [1.165, 1.54) is 12.1 Å². The van der Waals surface area contributed by atoms with Crippen molar-refractivity contribution in [2.75, 3.05) is 5.32 Å². The molecule has 0 saturated heterocycles. The number of nitrogens with one attached hydrogen (secondary N) is 1. The molecule has 3 aromatic carbocycles. The Hall–Kier alpha value is -3.77. The highest BCUT2D eigenvalue weighted by Crippen LogP contribution is 2.41. The zero-order chi connectivity index (χ0) is 21.2. The van der Waals surface area contributed by atoms with Crippen LogP contribution in [0.2, 0.25) is 0 Å². The van der Waals surface area contributed by atoms with Crippen molar-refractivity contribution in [1.29, 1.82) is 0 Å². The number of para-hydroxylation sites is 1. The molecule has 0 atom stereocenters. The first-order valence-electron chi connectivity index (χ1n) is 9.77. The number of thiophene rings is 1. The Morgan fingerprint density at radius 3 is 2.29 bits per heavy atom. The van der Waals surface area contributed by atoms with Gasteiger partial charge in [0.2, 0.25) is 0 Å². The summed E-state index contributed by atoms with van der Waals surface area (Å²) in [6, 6.07) is 23.9. The number of hydrogen-bond acceptors (Lipinski definition) is 5. The minimum Gasteiger partial charge on any atom is -0.457 e. The van der Waals surface area contributed by atoms with Crippen LogP contribution >= 0.6 is 11.3 Å². The molecular formula is C25H18FN3OS. The number of anilines is 2. The van der Waals surface area contributed by atoms with Crippen LogP contribution in [0.4, 0.5) is 15.9 Å². The molecule has 2 heterocycles. The standard InChI is InChI=1S/C25H18FN3OS/c1-16-22(17-7-9-18(26)10-8-17)23-24(27-15-28-25(23)31-16)29-19-11-13-21(14-12-19)30-20-5-3-2-4-6-20/h2-15H,1H3,(H,27,28,29). The maximum Gasteiger partial charge on any atom is 0.143 e. The smallest absolute Gasteiger partial charge is 0.143 e. The van der Waals surface area contributed by atoms with E-state index < -0.39 is 0 Å². The minimum atomic E-state index is -0.256. The van der Waals surface area contributed by atoms with Gasteiger partial charge in [0.25, 0.3) is 0 Å². The monoisotopic (exact) mass is 427 g/mol. The number of fused-ring (bicyclic) bond motifs is 1. The second kappa shape index (κ2) is 8.16. The predicted octanol–water partition coefficient (Wildman–Crippen LogP) is 7.34. The SMILES string of the molecule is Cc1sc2ncnc(Nc3ccc(Oc4ccccc4)cc3)c2c1-c1ccc(F)cc1. The largest absolute Gasteiger partial charge is 0.457 e. The van der Waals surface area contributed by atoms with Crippen molar-refractivity contribution < 1.29 is 9.13 Å². The van der Waals surface area contributed by atoms with Crippen LogP contribution in [0, 0.1) is 12.7 Å². The maximum atomic E-state index is 13.4. The average molecular weight is 428 g/mol. The molecule has 0 bridgehead atoms. The molecule has 0 unspecified atom stereocenters. The third-order valence-electron chi connectivity index (χ3n) is 4.89. The first-order valence-corrected chi connectivity index (χ1v) is 10.6. The molecule has 5 rings (SSSR count). The normalized spacial score (nSPS) is 10.9. The highest BCUT2D eigenvalue weighted by atomic mass is 32.1. The van der Waals surface area contributed by atoms with Crippen LogP contribution in [0.25, 0.3) is 21.3 Å². The van der Waals surface area contributed by atoms with Gasteiger partial charge in [0.15, 0.2) is 0 Å². The number of hydrogen-bond donors (Lipinski definition) is 1. The minimum absolute atomic E-state index is 0.256. The maximum absolute atomic E-state index is 13.4. The summed E-state index contributed by atoms with van der Waals surface area (Å²) in [7, 11) is 0. The first-order chi connectivity index (χ1) is 15.2. The lowest BCUT2D eigenvalue weighted by Gasteiger charge is -2.10. The Labute approximate surface area is 183 Å². The highest BCUT2D eigenvalue weighted by Gasteiger charge is 2.17. The van der Waals surface area contributed by atoms with Crippen molar-refractivity contribution in [3.63, 3.8) is 0 Å². The summed E-state index contributed by atoms with van der Waals surface area (Å²) in [4.78, 5) is 10.9. The van der Waals surface area contributed by atoms with Crippen LogP contribution < -0.4 is 10.1 Å². The van der Waals surface area contributed by atoms with Crippen molar-refractivity contribution >= 4 is 33.1 Å². The topological polar surface area (TPSA) is 47.0 Å². The fourth-order valence-corrected chi connectivity index (χ4v) is 4.48. The van der Waals surface area contributed by atoms with Crippen LogP contribution in [0.15, 0.2) is 85.2 Å². The van der Waals surface area contributed by atoms with Gasteiger partial charge in [0.1, 0.15) is 34.3 Å². The van der Waals surface area contributed by atoms with E-state index in [2.05, 4.69) is 15.3 Å².